The molecule has 3 nitrogen and oxygen atoms in total. The van der Waals surface area contributed by atoms with Gasteiger partial charge >= 0.3 is 5.97 Å². The molecular formula is C10H16O3. The van der Waals surface area contributed by atoms with Gasteiger partial charge in [0.2, 0.25) is 0 Å². The number of esters is 1. The Morgan fingerprint density at radius 3 is 2.92 bits per heavy atom. The molecule has 1 atom stereocenters. The smallest absolute Gasteiger partial charge is 0.330 e. The molecule has 0 aromatic rings. The summed E-state index contributed by atoms with van der Waals surface area (Å²) in [6.45, 7) is 4.76. The van der Waals surface area contributed by atoms with Crippen molar-refractivity contribution in [1.29, 1.82) is 0 Å². The third kappa shape index (κ3) is 5.42. The summed E-state index contributed by atoms with van der Waals surface area (Å²) in [6, 6.07) is 0. The van der Waals surface area contributed by atoms with Crippen LogP contribution in [0.4, 0.5) is 0 Å². The Morgan fingerprint density at radius 2 is 2.31 bits per heavy atom. The summed E-state index contributed by atoms with van der Waals surface area (Å²) in [5.74, 6) is -0.328. The summed E-state index contributed by atoms with van der Waals surface area (Å²) in [4.78, 5) is 10.6. The quantitative estimate of drug-likeness (QED) is 0.261. The maximum Gasteiger partial charge on any atom is 0.330 e. The molecule has 1 aliphatic heterocycles. The molecule has 0 aromatic carbocycles. The van der Waals surface area contributed by atoms with Crippen molar-refractivity contribution in [2.45, 2.75) is 31.8 Å². The number of unbranched alkanes of at least 4 members (excludes halogenated alkanes) is 2. The number of ether oxygens (including phenoxy) is 2. The van der Waals surface area contributed by atoms with Crippen molar-refractivity contribution in [2.24, 2.45) is 0 Å². The van der Waals surface area contributed by atoms with Crippen molar-refractivity contribution in [3.8, 4) is 0 Å². The number of epoxide rings is 1. The van der Waals surface area contributed by atoms with Crippen LogP contribution in [0.3, 0.4) is 0 Å². The molecule has 1 rings (SSSR count). The third-order valence-electron chi connectivity index (χ3n) is 1.98. The maximum atomic E-state index is 10.6. The minimum atomic E-state index is -0.328. The fraction of sp³-hybridized carbons (Fsp3) is 0.700. The minimum Gasteiger partial charge on any atom is -0.463 e. The highest BCUT2D eigenvalue weighted by Crippen LogP contribution is 2.16. The van der Waals surface area contributed by atoms with E-state index in [4.69, 9.17) is 9.47 Å². The molecule has 0 amide bonds. The summed E-state index contributed by atoms with van der Waals surface area (Å²) >= 11 is 0. The topological polar surface area (TPSA) is 38.8 Å². The van der Waals surface area contributed by atoms with E-state index in [1.54, 1.807) is 0 Å². The van der Waals surface area contributed by atoms with E-state index in [-0.39, 0.29) is 5.97 Å². The lowest BCUT2D eigenvalue weighted by atomic mass is 10.2. The van der Waals surface area contributed by atoms with Crippen LogP contribution in [-0.4, -0.2) is 25.3 Å². The summed E-state index contributed by atoms with van der Waals surface area (Å²) in [7, 11) is 0. The van der Waals surface area contributed by atoms with Gasteiger partial charge in [0.1, 0.15) is 0 Å². The van der Waals surface area contributed by atoms with E-state index in [0.717, 1.165) is 32.3 Å². The molecule has 1 heterocycles. The van der Waals surface area contributed by atoms with E-state index in [9.17, 15) is 4.79 Å². The fourth-order valence-corrected chi connectivity index (χ4v) is 1.12. The van der Waals surface area contributed by atoms with Crippen LogP contribution in [0, 0.1) is 0 Å². The summed E-state index contributed by atoms with van der Waals surface area (Å²) in [6.07, 6.45) is 6.07. The van der Waals surface area contributed by atoms with Gasteiger partial charge < -0.3 is 9.47 Å². The Balaban J connectivity index is 1.77. The predicted molar refractivity (Wildman–Crippen MR) is 49.4 cm³/mol. The van der Waals surface area contributed by atoms with Crippen molar-refractivity contribution < 1.29 is 14.3 Å². The van der Waals surface area contributed by atoms with Gasteiger partial charge in [-0.15, -0.1) is 0 Å². The molecule has 1 aliphatic rings. The number of rotatable bonds is 7. The van der Waals surface area contributed by atoms with Gasteiger partial charge in [-0.1, -0.05) is 13.0 Å². The minimum absolute atomic E-state index is 0.328. The Hall–Kier alpha value is -0.830. The Labute approximate surface area is 78.7 Å². The second-order valence-electron chi connectivity index (χ2n) is 3.18. The van der Waals surface area contributed by atoms with Crippen LogP contribution in [0.25, 0.3) is 0 Å². The lowest BCUT2D eigenvalue weighted by Gasteiger charge is -2.00. The first-order chi connectivity index (χ1) is 6.33. The SMILES string of the molecule is C=CC(=O)OCCCCCC1CO1. The zero-order valence-corrected chi connectivity index (χ0v) is 7.83. The van der Waals surface area contributed by atoms with Crippen LogP contribution in [0.2, 0.25) is 0 Å². The second-order valence-corrected chi connectivity index (χ2v) is 3.18. The van der Waals surface area contributed by atoms with E-state index in [1.165, 1.54) is 6.08 Å². The second kappa shape index (κ2) is 5.75. The van der Waals surface area contributed by atoms with Crippen molar-refractivity contribution in [3.63, 3.8) is 0 Å². The molecule has 0 N–H and O–H groups in total. The highest BCUT2D eigenvalue weighted by Gasteiger charge is 2.20. The molecule has 1 saturated heterocycles. The van der Waals surface area contributed by atoms with Crippen LogP contribution in [0.5, 0.6) is 0 Å². The average Bonchev–Trinajstić information content (AvgIpc) is 2.94. The van der Waals surface area contributed by atoms with E-state index < -0.39 is 0 Å². The van der Waals surface area contributed by atoms with Crippen LogP contribution in [0.1, 0.15) is 25.7 Å². The molecule has 3 heteroatoms. The number of hydrogen-bond donors (Lipinski definition) is 0. The van der Waals surface area contributed by atoms with Crippen LogP contribution in [0.15, 0.2) is 12.7 Å². The lowest BCUT2D eigenvalue weighted by molar-refractivity contribution is -0.137. The van der Waals surface area contributed by atoms with Crippen molar-refractivity contribution >= 4 is 5.97 Å². The van der Waals surface area contributed by atoms with Crippen LogP contribution < -0.4 is 0 Å². The molecule has 0 aromatic heterocycles. The predicted octanol–water partition coefficient (Wildman–Crippen LogP) is 1.67. The van der Waals surface area contributed by atoms with Crippen LogP contribution in [-0.2, 0) is 14.3 Å². The highest BCUT2D eigenvalue weighted by atomic mass is 16.6. The van der Waals surface area contributed by atoms with Crippen molar-refractivity contribution in [3.05, 3.63) is 12.7 Å². The van der Waals surface area contributed by atoms with Gasteiger partial charge in [0.15, 0.2) is 0 Å². The van der Waals surface area contributed by atoms with Crippen molar-refractivity contribution in [2.75, 3.05) is 13.2 Å². The van der Waals surface area contributed by atoms with E-state index in [2.05, 4.69) is 6.58 Å². The first-order valence-corrected chi connectivity index (χ1v) is 4.73. The normalized spacial score (nSPS) is 19.5. The Kier molecular flexibility index (Phi) is 4.54. The van der Waals surface area contributed by atoms with Crippen LogP contribution >= 0.6 is 0 Å². The van der Waals surface area contributed by atoms with E-state index in [1.807, 2.05) is 0 Å². The summed E-state index contributed by atoms with van der Waals surface area (Å²) < 4.78 is 9.90. The van der Waals surface area contributed by atoms with Gasteiger partial charge in [-0.3, -0.25) is 0 Å². The van der Waals surface area contributed by atoms with Gasteiger partial charge in [-0.2, -0.15) is 0 Å². The van der Waals surface area contributed by atoms with E-state index >= 15 is 0 Å². The van der Waals surface area contributed by atoms with Gasteiger partial charge in [0.25, 0.3) is 0 Å². The van der Waals surface area contributed by atoms with Gasteiger partial charge in [-0.05, 0) is 19.3 Å². The first kappa shape index (κ1) is 10.3. The first-order valence-electron chi connectivity index (χ1n) is 4.73. The number of carbonyl (C=O) groups is 1. The molecule has 0 radical (unpaired) electrons. The molecule has 0 saturated carbocycles. The Bertz CT molecular complexity index is 173. The zero-order valence-electron chi connectivity index (χ0n) is 7.83. The maximum absolute atomic E-state index is 10.6. The molecule has 74 valence electrons. The molecular weight excluding hydrogens is 168 g/mol. The summed E-state index contributed by atoms with van der Waals surface area (Å²) in [5, 5.41) is 0. The molecule has 1 unspecified atom stereocenters. The standard InChI is InChI=1S/C10H16O3/c1-2-10(11)12-7-5-3-4-6-9-8-13-9/h2,9H,1,3-8H2. The lowest BCUT2D eigenvalue weighted by Crippen LogP contribution is -2.01. The number of carbonyl (C=O) groups excluding carboxylic acids is 1. The average molecular weight is 184 g/mol. The van der Waals surface area contributed by atoms with Gasteiger partial charge in [0, 0.05) is 6.08 Å². The van der Waals surface area contributed by atoms with Gasteiger partial charge in [-0.25, -0.2) is 4.79 Å². The summed E-state index contributed by atoms with van der Waals surface area (Å²) in [5.41, 5.74) is 0. The Morgan fingerprint density at radius 1 is 1.54 bits per heavy atom. The van der Waals surface area contributed by atoms with Gasteiger partial charge in [0.05, 0.1) is 19.3 Å². The monoisotopic (exact) mass is 184 g/mol. The van der Waals surface area contributed by atoms with E-state index in [0.29, 0.717) is 12.7 Å². The number of hydrogen-bond acceptors (Lipinski definition) is 3. The molecule has 0 aliphatic carbocycles. The third-order valence-corrected chi connectivity index (χ3v) is 1.98. The molecule has 1 fully saturated rings. The molecule has 0 spiro atoms. The largest absolute Gasteiger partial charge is 0.463 e. The fourth-order valence-electron chi connectivity index (χ4n) is 1.12. The molecule has 0 bridgehead atoms. The highest BCUT2D eigenvalue weighted by molar-refractivity contribution is 5.81. The van der Waals surface area contributed by atoms with Crippen molar-refractivity contribution in [1.82, 2.24) is 0 Å². The zero-order chi connectivity index (χ0) is 9.52. The molecule has 13 heavy (non-hydrogen) atoms.